The maximum Gasteiger partial charge on any atom is 0.0504 e. The lowest BCUT2D eigenvalue weighted by atomic mass is 10.1. The maximum atomic E-state index is 11.2. The highest BCUT2D eigenvalue weighted by atomic mass is 32.2. The Bertz CT molecular complexity index is 244. The summed E-state index contributed by atoms with van der Waals surface area (Å²) in [5.41, 5.74) is 1.68. The number of hydrogen-bond acceptors (Lipinski definition) is 1. The van der Waals surface area contributed by atoms with E-state index in [-0.39, 0.29) is 0 Å². The highest BCUT2D eigenvalue weighted by Gasteiger charge is 2.04. The minimum absolute atomic E-state index is 0.692. The van der Waals surface area contributed by atoms with Crippen LogP contribution in [0.2, 0.25) is 0 Å². The molecule has 0 radical (unpaired) electrons. The predicted molar refractivity (Wildman–Crippen MR) is 56.3 cm³/mol. The molecule has 0 rings (SSSR count). The molecule has 0 aliphatic rings. The van der Waals surface area contributed by atoms with Gasteiger partial charge in [-0.2, -0.15) is 0 Å². The summed E-state index contributed by atoms with van der Waals surface area (Å²) >= 11 is 0. The number of hydrogen-bond donors (Lipinski definition) is 0. The summed E-state index contributed by atoms with van der Waals surface area (Å²) in [7, 11) is -1.02. The lowest BCUT2D eigenvalue weighted by Gasteiger charge is -2.04. The van der Waals surface area contributed by atoms with E-state index in [1.807, 2.05) is 6.92 Å². The summed E-state index contributed by atoms with van der Waals surface area (Å²) in [5, 5.41) is 0. The first-order valence-corrected chi connectivity index (χ1v) is 5.08. The highest BCUT2D eigenvalue weighted by molar-refractivity contribution is 7.88. The molecule has 0 aromatic heterocycles. The van der Waals surface area contributed by atoms with Gasteiger partial charge in [0.25, 0.3) is 0 Å². The zero-order chi connectivity index (χ0) is 9.72. The van der Waals surface area contributed by atoms with Crippen LogP contribution in [0.15, 0.2) is 47.9 Å². The summed E-state index contributed by atoms with van der Waals surface area (Å²) in [6.45, 7) is 12.8. The molecule has 0 amide bonds. The molecule has 0 aliphatic carbocycles. The maximum absolute atomic E-state index is 11.2. The Morgan fingerprint density at radius 3 is 1.92 bits per heavy atom. The van der Waals surface area contributed by atoms with E-state index in [4.69, 9.17) is 0 Å². The second-order valence-electron chi connectivity index (χ2n) is 2.42. The van der Waals surface area contributed by atoms with Crippen molar-refractivity contribution < 1.29 is 4.21 Å². The average Bonchev–Trinajstić information content (AvgIpc) is 1.98. The molecule has 0 spiro atoms. The Hall–Kier alpha value is -0.890. The Balaban J connectivity index is 5.30. The molecule has 0 aromatic rings. The third-order valence-electron chi connectivity index (χ3n) is 1.42. The van der Waals surface area contributed by atoms with Crippen LogP contribution in [0, 0.1) is 0 Å². The van der Waals surface area contributed by atoms with E-state index >= 15 is 0 Å². The summed E-state index contributed by atoms with van der Waals surface area (Å²) < 4.78 is 11.2. The summed E-state index contributed by atoms with van der Waals surface area (Å²) in [4.78, 5) is 0.692. The van der Waals surface area contributed by atoms with E-state index in [1.165, 1.54) is 0 Å². The van der Waals surface area contributed by atoms with Crippen LogP contribution in [0.3, 0.4) is 0 Å². The SMILES string of the molecule is C=C/C(C(=C)C)=C(\C=C)S(C)=O. The lowest BCUT2D eigenvalue weighted by Crippen LogP contribution is -1.94. The van der Waals surface area contributed by atoms with Crippen molar-refractivity contribution in [3.63, 3.8) is 0 Å². The van der Waals surface area contributed by atoms with Crippen LogP contribution in [0.5, 0.6) is 0 Å². The molecule has 0 N–H and O–H groups in total. The fourth-order valence-electron chi connectivity index (χ4n) is 0.867. The molecule has 0 aromatic carbocycles. The van der Waals surface area contributed by atoms with E-state index in [2.05, 4.69) is 19.7 Å². The Labute approximate surface area is 76.6 Å². The zero-order valence-corrected chi connectivity index (χ0v) is 8.41. The average molecular weight is 182 g/mol. The van der Waals surface area contributed by atoms with Gasteiger partial charge in [0.2, 0.25) is 0 Å². The van der Waals surface area contributed by atoms with Gasteiger partial charge in [-0.1, -0.05) is 31.9 Å². The van der Waals surface area contributed by atoms with Crippen LogP contribution in [0.1, 0.15) is 6.92 Å². The fourth-order valence-corrected chi connectivity index (χ4v) is 1.67. The Morgan fingerprint density at radius 1 is 1.33 bits per heavy atom. The molecule has 0 saturated heterocycles. The Kier molecular flexibility index (Phi) is 4.52. The molecule has 0 heterocycles. The van der Waals surface area contributed by atoms with Crippen LogP contribution < -0.4 is 0 Å². The van der Waals surface area contributed by atoms with E-state index in [1.54, 1.807) is 18.4 Å². The minimum Gasteiger partial charge on any atom is -0.255 e. The fraction of sp³-hybridized carbons (Fsp3) is 0.200. The van der Waals surface area contributed by atoms with Crippen LogP contribution in [0.4, 0.5) is 0 Å². The molecule has 2 heteroatoms. The van der Waals surface area contributed by atoms with Gasteiger partial charge >= 0.3 is 0 Å². The van der Waals surface area contributed by atoms with Gasteiger partial charge in [-0.05, 0) is 18.1 Å². The third-order valence-corrected chi connectivity index (χ3v) is 2.43. The summed E-state index contributed by atoms with van der Waals surface area (Å²) in [6.07, 6.45) is 4.85. The van der Waals surface area contributed by atoms with Crippen molar-refractivity contribution in [2.24, 2.45) is 0 Å². The van der Waals surface area contributed by atoms with Gasteiger partial charge in [0.05, 0.1) is 10.8 Å². The zero-order valence-electron chi connectivity index (χ0n) is 7.59. The molecule has 0 saturated carbocycles. The molecule has 66 valence electrons. The molecule has 0 fully saturated rings. The largest absolute Gasteiger partial charge is 0.255 e. The van der Waals surface area contributed by atoms with Crippen molar-refractivity contribution in [2.75, 3.05) is 6.26 Å². The quantitative estimate of drug-likeness (QED) is 0.611. The van der Waals surface area contributed by atoms with Gasteiger partial charge < -0.3 is 0 Å². The smallest absolute Gasteiger partial charge is 0.0504 e. The molecule has 0 aliphatic heterocycles. The van der Waals surface area contributed by atoms with Crippen LogP contribution in [-0.2, 0) is 10.8 Å². The van der Waals surface area contributed by atoms with Gasteiger partial charge in [0.15, 0.2) is 0 Å². The first-order valence-electron chi connectivity index (χ1n) is 3.53. The normalized spacial score (nSPS) is 14.5. The number of rotatable bonds is 4. The van der Waals surface area contributed by atoms with Crippen molar-refractivity contribution in [2.45, 2.75) is 6.92 Å². The van der Waals surface area contributed by atoms with E-state index in [9.17, 15) is 4.21 Å². The molecule has 12 heavy (non-hydrogen) atoms. The monoisotopic (exact) mass is 182 g/mol. The number of allylic oxidation sites excluding steroid dienone is 4. The minimum atomic E-state index is -1.02. The molecule has 0 bridgehead atoms. The summed E-state index contributed by atoms with van der Waals surface area (Å²) in [6, 6.07) is 0. The Morgan fingerprint density at radius 2 is 1.83 bits per heavy atom. The van der Waals surface area contributed by atoms with Gasteiger partial charge in [-0.15, -0.1) is 0 Å². The molecule has 1 atom stereocenters. The van der Waals surface area contributed by atoms with E-state index in [0.29, 0.717) is 4.91 Å². The van der Waals surface area contributed by atoms with E-state index < -0.39 is 10.8 Å². The second-order valence-corrected chi connectivity index (χ2v) is 3.77. The predicted octanol–water partition coefficient (Wildman–Crippen LogP) is 2.57. The van der Waals surface area contributed by atoms with Crippen molar-refractivity contribution in [3.05, 3.63) is 47.9 Å². The first-order chi connectivity index (χ1) is 5.54. The molecule has 1 unspecified atom stereocenters. The lowest BCUT2D eigenvalue weighted by molar-refractivity contribution is 0.690. The van der Waals surface area contributed by atoms with Gasteiger partial charge in [0, 0.05) is 11.2 Å². The second kappa shape index (κ2) is 4.88. The molecular formula is C10H14OS. The van der Waals surface area contributed by atoms with Crippen LogP contribution in [0.25, 0.3) is 0 Å². The topological polar surface area (TPSA) is 17.1 Å². The van der Waals surface area contributed by atoms with Gasteiger partial charge in [-0.3, -0.25) is 4.21 Å². The molecular weight excluding hydrogens is 168 g/mol. The standard InChI is InChI=1S/C10H14OS/c1-6-9(8(3)4)10(7-2)12(5)11/h6-7H,1-3H2,4-5H3/b10-9-. The van der Waals surface area contributed by atoms with Crippen molar-refractivity contribution >= 4 is 10.8 Å². The third kappa shape index (κ3) is 2.62. The van der Waals surface area contributed by atoms with Gasteiger partial charge in [0.1, 0.15) is 0 Å². The highest BCUT2D eigenvalue weighted by Crippen LogP contribution is 2.16. The van der Waals surface area contributed by atoms with Crippen molar-refractivity contribution in [1.82, 2.24) is 0 Å². The molecule has 1 nitrogen and oxygen atoms in total. The summed E-state index contributed by atoms with van der Waals surface area (Å²) in [5.74, 6) is 0. The van der Waals surface area contributed by atoms with Crippen molar-refractivity contribution in [1.29, 1.82) is 0 Å². The van der Waals surface area contributed by atoms with Crippen LogP contribution in [-0.4, -0.2) is 10.5 Å². The van der Waals surface area contributed by atoms with Gasteiger partial charge in [-0.25, -0.2) is 0 Å². The first kappa shape index (κ1) is 11.1. The van der Waals surface area contributed by atoms with Crippen LogP contribution >= 0.6 is 0 Å². The van der Waals surface area contributed by atoms with Crippen molar-refractivity contribution in [3.8, 4) is 0 Å². The van der Waals surface area contributed by atoms with E-state index in [0.717, 1.165) is 11.1 Å².